The van der Waals surface area contributed by atoms with Gasteiger partial charge in [-0.25, -0.2) is 4.39 Å². The van der Waals surface area contributed by atoms with Gasteiger partial charge in [0.15, 0.2) is 0 Å². The minimum absolute atomic E-state index is 0.220. The van der Waals surface area contributed by atoms with Crippen molar-refractivity contribution >= 4 is 15.9 Å². The summed E-state index contributed by atoms with van der Waals surface area (Å²) < 4.78 is 14.0. The van der Waals surface area contributed by atoms with Gasteiger partial charge in [-0.05, 0) is 41.8 Å². The third kappa shape index (κ3) is 2.26. The zero-order chi connectivity index (χ0) is 10.8. The lowest BCUT2D eigenvalue weighted by molar-refractivity contribution is 0.627. The Morgan fingerprint density at radius 1 is 1.07 bits per heavy atom. The lowest BCUT2D eigenvalue weighted by atomic mass is 10.0. The Bertz CT molecular complexity index is 471. The summed E-state index contributed by atoms with van der Waals surface area (Å²) in [7, 11) is 0. The predicted octanol–water partition coefficient (Wildman–Crippen LogP) is 4.56. The fourth-order valence-corrected chi connectivity index (χ4v) is 2.07. The van der Waals surface area contributed by atoms with Crippen LogP contribution in [0, 0.1) is 12.7 Å². The van der Waals surface area contributed by atoms with Gasteiger partial charge in [0.1, 0.15) is 5.82 Å². The third-order valence-corrected chi connectivity index (χ3v) is 2.78. The van der Waals surface area contributed by atoms with Crippen molar-refractivity contribution in [2.75, 3.05) is 0 Å². The fourth-order valence-electron chi connectivity index (χ4n) is 1.61. The van der Waals surface area contributed by atoms with Gasteiger partial charge in [0.05, 0.1) is 0 Å². The van der Waals surface area contributed by atoms with Crippen LogP contribution in [0.4, 0.5) is 4.39 Å². The Morgan fingerprint density at radius 2 is 1.80 bits per heavy atom. The molecule has 0 aliphatic carbocycles. The number of benzene rings is 2. The molecule has 15 heavy (non-hydrogen) atoms. The van der Waals surface area contributed by atoms with Crippen molar-refractivity contribution in [3.8, 4) is 11.1 Å². The summed E-state index contributed by atoms with van der Waals surface area (Å²) in [6, 6.07) is 12.9. The van der Waals surface area contributed by atoms with E-state index in [0.717, 1.165) is 21.2 Å². The molecule has 0 fully saturated rings. The molecule has 2 aromatic carbocycles. The molecular formula is C13H10BrF. The van der Waals surface area contributed by atoms with E-state index in [4.69, 9.17) is 0 Å². The molecule has 0 nitrogen and oxygen atoms in total. The van der Waals surface area contributed by atoms with E-state index in [0.29, 0.717) is 0 Å². The monoisotopic (exact) mass is 264 g/mol. The molecule has 0 unspecified atom stereocenters. The molecule has 0 bridgehead atoms. The highest BCUT2D eigenvalue weighted by Gasteiger charge is 2.03. The molecule has 0 spiro atoms. The molecule has 0 aliphatic heterocycles. The van der Waals surface area contributed by atoms with E-state index in [-0.39, 0.29) is 5.82 Å². The summed E-state index contributed by atoms with van der Waals surface area (Å²) in [6.45, 7) is 2.02. The van der Waals surface area contributed by atoms with Crippen molar-refractivity contribution in [2.45, 2.75) is 6.92 Å². The van der Waals surface area contributed by atoms with Gasteiger partial charge in [-0.2, -0.15) is 0 Å². The van der Waals surface area contributed by atoms with Crippen LogP contribution < -0.4 is 0 Å². The van der Waals surface area contributed by atoms with Gasteiger partial charge in [0.2, 0.25) is 0 Å². The molecule has 0 heterocycles. The van der Waals surface area contributed by atoms with Crippen LogP contribution in [0.15, 0.2) is 46.9 Å². The molecule has 0 saturated heterocycles. The second kappa shape index (κ2) is 4.15. The molecule has 76 valence electrons. The highest BCUT2D eigenvalue weighted by molar-refractivity contribution is 9.10. The van der Waals surface area contributed by atoms with E-state index >= 15 is 0 Å². The first-order valence-corrected chi connectivity index (χ1v) is 5.48. The zero-order valence-electron chi connectivity index (χ0n) is 8.30. The Hall–Kier alpha value is -1.15. The summed E-state index contributed by atoms with van der Waals surface area (Å²) in [5.41, 5.74) is 3.12. The van der Waals surface area contributed by atoms with E-state index in [2.05, 4.69) is 15.9 Å². The second-order valence-electron chi connectivity index (χ2n) is 3.47. The van der Waals surface area contributed by atoms with Gasteiger partial charge in [-0.3, -0.25) is 0 Å². The minimum atomic E-state index is -0.220. The summed E-state index contributed by atoms with van der Waals surface area (Å²) in [6.07, 6.45) is 0. The first-order valence-electron chi connectivity index (χ1n) is 4.69. The van der Waals surface area contributed by atoms with E-state index in [9.17, 15) is 4.39 Å². The van der Waals surface area contributed by atoms with E-state index in [1.807, 2.05) is 37.3 Å². The molecular weight excluding hydrogens is 255 g/mol. The number of aryl methyl sites for hydroxylation is 1. The van der Waals surface area contributed by atoms with Crippen molar-refractivity contribution in [2.24, 2.45) is 0 Å². The largest absolute Gasteiger partial charge is 0.207 e. The van der Waals surface area contributed by atoms with Crippen LogP contribution in [0.5, 0.6) is 0 Å². The maximum absolute atomic E-state index is 13.2. The number of hydrogen-bond donors (Lipinski definition) is 0. The average Bonchev–Trinajstić information content (AvgIpc) is 2.16. The van der Waals surface area contributed by atoms with Crippen molar-refractivity contribution < 1.29 is 4.39 Å². The Morgan fingerprint density at radius 3 is 2.47 bits per heavy atom. The molecule has 0 aromatic heterocycles. The topological polar surface area (TPSA) is 0 Å². The number of rotatable bonds is 1. The van der Waals surface area contributed by atoms with Crippen molar-refractivity contribution in [3.63, 3.8) is 0 Å². The number of hydrogen-bond acceptors (Lipinski definition) is 0. The van der Waals surface area contributed by atoms with Gasteiger partial charge >= 0.3 is 0 Å². The van der Waals surface area contributed by atoms with Crippen molar-refractivity contribution in [3.05, 3.63) is 58.3 Å². The van der Waals surface area contributed by atoms with Crippen LogP contribution in [0.25, 0.3) is 11.1 Å². The zero-order valence-corrected chi connectivity index (χ0v) is 9.88. The molecule has 0 atom stereocenters. The van der Waals surface area contributed by atoms with Crippen molar-refractivity contribution in [1.29, 1.82) is 0 Å². The minimum Gasteiger partial charge on any atom is -0.207 e. The van der Waals surface area contributed by atoms with Gasteiger partial charge in [0.25, 0.3) is 0 Å². The predicted molar refractivity (Wildman–Crippen MR) is 64.3 cm³/mol. The fraction of sp³-hybridized carbons (Fsp3) is 0.0769. The van der Waals surface area contributed by atoms with E-state index < -0.39 is 0 Å². The first kappa shape index (κ1) is 10.4. The Kier molecular flexibility index (Phi) is 2.87. The molecule has 0 radical (unpaired) electrons. The summed E-state index contributed by atoms with van der Waals surface area (Å²) in [4.78, 5) is 0. The first-order chi connectivity index (χ1) is 7.16. The standard InChI is InChI=1S/C13H10BrF/c1-9-4-2-3-5-13(9)10-6-11(14)8-12(15)7-10/h2-8H,1H3. The Balaban J connectivity index is 2.59. The number of halogens is 2. The quantitative estimate of drug-likeness (QED) is 0.708. The van der Waals surface area contributed by atoms with Crippen LogP contribution in [-0.4, -0.2) is 0 Å². The van der Waals surface area contributed by atoms with Crippen LogP contribution in [-0.2, 0) is 0 Å². The second-order valence-corrected chi connectivity index (χ2v) is 4.39. The van der Waals surface area contributed by atoms with Crippen LogP contribution in [0.3, 0.4) is 0 Å². The molecule has 0 saturated carbocycles. The molecule has 0 aliphatic rings. The molecule has 2 aromatic rings. The van der Waals surface area contributed by atoms with Crippen molar-refractivity contribution in [1.82, 2.24) is 0 Å². The smallest absolute Gasteiger partial charge is 0.124 e. The highest BCUT2D eigenvalue weighted by atomic mass is 79.9. The maximum Gasteiger partial charge on any atom is 0.124 e. The van der Waals surface area contributed by atoms with Gasteiger partial charge in [-0.1, -0.05) is 40.2 Å². The van der Waals surface area contributed by atoms with Crippen LogP contribution >= 0.6 is 15.9 Å². The maximum atomic E-state index is 13.2. The van der Waals surface area contributed by atoms with Crippen LogP contribution in [0.2, 0.25) is 0 Å². The highest BCUT2D eigenvalue weighted by Crippen LogP contribution is 2.26. The normalized spacial score (nSPS) is 10.3. The lowest BCUT2D eigenvalue weighted by Gasteiger charge is -2.06. The van der Waals surface area contributed by atoms with Gasteiger partial charge < -0.3 is 0 Å². The summed E-state index contributed by atoms with van der Waals surface area (Å²) in [5.74, 6) is -0.220. The summed E-state index contributed by atoms with van der Waals surface area (Å²) >= 11 is 3.29. The van der Waals surface area contributed by atoms with Gasteiger partial charge in [0, 0.05) is 4.47 Å². The third-order valence-electron chi connectivity index (χ3n) is 2.32. The lowest BCUT2D eigenvalue weighted by Crippen LogP contribution is -1.84. The van der Waals surface area contributed by atoms with Gasteiger partial charge in [-0.15, -0.1) is 0 Å². The molecule has 2 rings (SSSR count). The SMILES string of the molecule is Cc1ccccc1-c1cc(F)cc(Br)c1. The molecule has 0 N–H and O–H groups in total. The average molecular weight is 265 g/mol. The molecule has 2 heteroatoms. The molecule has 0 amide bonds. The van der Waals surface area contributed by atoms with Crippen LogP contribution in [0.1, 0.15) is 5.56 Å². The Labute approximate surface area is 96.9 Å². The van der Waals surface area contributed by atoms with E-state index in [1.54, 1.807) is 6.07 Å². The summed E-state index contributed by atoms with van der Waals surface area (Å²) in [5, 5.41) is 0. The van der Waals surface area contributed by atoms with E-state index in [1.165, 1.54) is 6.07 Å².